The number of aliphatic hydroxyl groups excluding tert-OH is 1. The van der Waals surface area contributed by atoms with Gasteiger partial charge in [-0.05, 0) is 22.0 Å². The lowest BCUT2D eigenvalue weighted by Crippen LogP contribution is -2.49. The number of piperazine rings is 1. The highest BCUT2D eigenvalue weighted by atomic mass is 79.9. The van der Waals surface area contributed by atoms with E-state index in [0.717, 1.165) is 0 Å². The first-order valence-electron chi connectivity index (χ1n) is 7.19. The van der Waals surface area contributed by atoms with Crippen LogP contribution in [0, 0.1) is 0 Å². The highest BCUT2D eigenvalue weighted by molar-refractivity contribution is 9.10. The van der Waals surface area contributed by atoms with E-state index in [1.165, 1.54) is 24.6 Å². The van der Waals surface area contributed by atoms with Crippen molar-refractivity contribution in [3.8, 4) is 11.5 Å². The van der Waals surface area contributed by atoms with Gasteiger partial charge in [0.1, 0.15) is 16.4 Å². The lowest BCUT2D eigenvalue weighted by atomic mass is 10.3. The van der Waals surface area contributed by atoms with Gasteiger partial charge in [0.2, 0.25) is 10.0 Å². The lowest BCUT2D eigenvalue weighted by molar-refractivity contribution is 0.151. The second-order valence-electron chi connectivity index (χ2n) is 5.11. The molecule has 23 heavy (non-hydrogen) atoms. The summed E-state index contributed by atoms with van der Waals surface area (Å²) in [5, 5.41) is 8.97. The normalized spacial score (nSPS) is 17.2. The van der Waals surface area contributed by atoms with Crippen LogP contribution in [0.2, 0.25) is 0 Å². The van der Waals surface area contributed by atoms with Crippen molar-refractivity contribution in [3.63, 3.8) is 0 Å². The molecule has 0 radical (unpaired) electrons. The molecule has 1 saturated heterocycles. The maximum atomic E-state index is 12.9. The largest absolute Gasteiger partial charge is 0.496 e. The van der Waals surface area contributed by atoms with E-state index in [9.17, 15) is 8.42 Å². The second-order valence-corrected chi connectivity index (χ2v) is 7.87. The fraction of sp³-hybridized carbons (Fsp3) is 0.571. The number of hydrogen-bond donors (Lipinski definition) is 1. The average Bonchev–Trinajstić information content (AvgIpc) is 2.55. The Balaban J connectivity index is 2.29. The van der Waals surface area contributed by atoms with Gasteiger partial charge in [-0.25, -0.2) is 8.42 Å². The van der Waals surface area contributed by atoms with Crippen LogP contribution < -0.4 is 9.47 Å². The molecule has 1 aromatic rings. The van der Waals surface area contributed by atoms with Gasteiger partial charge in [0.25, 0.3) is 0 Å². The third kappa shape index (κ3) is 3.97. The van der Waals surface area contributed by atoms with Crippen molar-refractivity contribution in [1.82, 2.24) is 9.21 Å². The van der Waals surface area contributed by atoms with Gasteiger partial charge in [0.15, 0.2) is 0 Å². The van der Waals surface area contributed by atoms with E-state index in [1.54, 1.807) is 6.07 Å². The molecule has 130 valence electrons. The first-order valence-corrected chi connectivity index (χ1v) is 9.42. The number of aliphatic hydroxyl groups is 1. The van der Waals surface area contributed by atoms with Crippen LogP contribution in [0.3, 0.4) is 0 Å². The number of sulfonamides is 1. The van der Waals surface area contributed by atoms with Crippen LogP contribution in [-0.4, -0.2) is 76.3 Å². The molecule has 0 bridgehead atoms. The van der Waals surface area contributed by atoms with Gasteiger partial charge < -0.3 is 14.6 Å². The molecule has 1 aliphatic heterocycles. The van der Waals surface area contributed by atoms with Gasteiger partial charge in [0, 0.05) is 38.8 Å². The molecule has 1 heterocycles. The number of halogens is 1. The maximum absolute atomic E-state index is 12.9. The first kappa shape index (κ1) is 18.5. The molecule has 9 heteroatoms. The third-order valence-electron chi connectivity index (χ3n) is 3.80. The number of ether oxygens (including phenoxy) is 2. The summed E-state index contributed by atoms with van der Waals surface area (Å²) in [7, 11) is -0.754. The van der Waals surface area contributed by atoms with E-state index in [4.69, 9.17) is 14.6 Å². The van der Waals surface area contributed by atoms with Crippen LogP contribution in [0.5, 0.6) is 11.5 Å². The number of methoxy groups -OCH3 is 2. The molecule has 1 N–H and O–H groups in total. The molecular weight excluding hydrogens is 388 g/mol. The van der Waals surface area contributed by atoms with Crippen LogP contribution in [0.15, 0.2) is 21.5 Å². The summed E-state index contributed by atoms with van der Waals surface area (Å²) in [5.41, 5.74) is 0. The van der Waals surface area contributed by atoms with Crippen molar-refractivity contribution in [2.75, 3.05) is 53.6 Å². The second kappa shape index (κ2) is 7.80. The molecule has 0 amide bonds. The topological polar surface area (TPSA) is 79.3 Å². The van der Waals surface area contributed by atoms with Crippen molar-refractivity contribution in [3.05, 3.63) is 16.6 Å². The molecule has 0 aliphatic carbocycles. The summed E-state index contributed by atoms with van der Waals surface area (Å²) in [4.78, 5) is 2.13. The van der Waals surface area contributed by atoms with Gasteiger partial charge in [-0.3, -0.25) is 4.90 Å². The van der Waals surface area contributed by atoms with Gasteiger partial charge in [-0.15, -0.1) is 0 Å². The van der Waals surface area contributed by atoms with E-state index < -0.39 is 10.0 Å². The van der Waals surface area contributed by atoms with E-state index in [-0.39, 0.29) is 17.3 Å². The number of nitrogens with zero attached hydrogens (tertiary/aromatic N) is 2. The summed E-state index contributed by atoms with van der Waals surface area (Å²) in [6.45, 7) is 2.58. The molecule has 0 atom stereocenters. The van der Waals surface area contributed by atoms with E-state index in [0.29, 0.717) is 42.9 Å². The molecule has 2 rings (SSSR count). The Labute approximate surface area is 145 Å². The lowest BCUT2D eigenvalue weighted by Gasteiger charge is -2.33. The quantitative estimate of drug-likeness (QED) is 0.748. The third-order valence-corrected chi connectivity index (χ3v) is 6.34. The summed E-state index contributed by atoms with van der Waals surface area (Å²) in [6.07, 6.45) is 0. The fourth-order valence-corrected chi connectivity index (χ4v) is 4.57. The van der Waals surface area contributed by atoms with E-state index in [1.807, 2.05) is 4.90 Å². The molecule has 0 spiro atoms. The predicted octanol–water partition coefficient (Wildman–Crippen LogP) is 0.765. The van der Waals surface area contributed by atoms with Crippen LogP contribution >= 0.6 is 15.9 Å². The molecule has 0 aromatic heterocycles. The standard InChI is InChI=1S/C14H21BrN2O5S/c1-21-12-10-14(13(22-2)9-11(12)15)23(19,20)17-5-3-16(4-6-17)7-8-18/h9-10,18H,3-8H2,1-2H3. The maximum Gasteiger partial charge on any atom is 0.246 e. The summed E-state index contributed by atoms with van der Waals surface area (Å²) in [5.74, 6) is 0.707. The van der Waals surface area contributed by atoms with Crippen LogP contribution in [0.4, 0.5) is 0 Å². The zero-order valence-electron chi connectivity index (χ0n) is 13.2. The van der Waals surface area contributed by atoms with E-state index in [2.05, 4.69) is 15.9 Å². The van der Waals surface area contributed by atoms with Gasteiger partial charge in [0.05, 0.1) is 25.3 Å². The number of rotatable bonds is 6. The molecular formula is C14H21BrN2O5S. The van der Waals surface area contributed by atoms with Crippen LogP contribution in [0.1, 0.15) is 0 Å². The molecule has 0 unspecified atom stereocenters. The van der Waals surface area contributed by atoms with E-state index >= 15 is 0 Å². The van der Waals surface area contributed by atoms with Crippen molar-refractivity contribution >= 4 is 26.0 Å². The first-order chi connectivity index (χ1) is 10.9. The highest BCUT2D eigenvalue weighted by Crippen LogP contribution is 2.36. The molecule has 0 saturated carbocycles. The SMILES string of the molecule is COc1cc(S(=O)(=O)N2CCN(CCO)CC2)c(OC)cc1Br. The Morgan fingerprint density at radius 1 is 1.13 bits per heavy atom. The van der Waals surface area contributed by atoms with Gasteiger partial charge in [-0.2, -0.15) is 4.31 Å². The Kier molecular flexibility index (Phi) is 6.26. The highest BCUT2D eigenvalue weighted by Gasteiger charge is 2.31. The Hall–Kier alpha value is -0.870. The smallest absolute Gasteiger partial charge is 0.246 e. The van der Waals surface area contributed by atoms with Crippen LogP contribution in [0.25, 0.3) is 0 Å². The van der Waals surface area contributed by atoms with Crippen molar-refractivity contribution in [2.24, 2.45) is 0 Å². The average molecular weight is 409 g/mol. The zero-order chi connectivity index (χ0) is 17.0. The fourth-order valence-electron chi connectivity index (χ4n) is 2.51. The minimum Gasteiger partial charge on any atom is -0.496 e. The number of benzene rings is 1. The number of β-amino-alcohol motifs (C(OH)–C–C–N with tert-alkyl or cyclic N) is 1. The zero-order valence-corrected chi connectivity index (χ0v) is 15.6. The molecule has 1 fully saturated rings. The van der Waals surface area contributed by atoms with Crippen LogP contribution in [-0.2, 0) is 10.0 Å². The number of hydrogen-bond acceptors (Lipinski definition) is 6. The minimum atomic E-state index is -3.67. The Morgan fingerprint density at radius 3 is 2.26 bits per heavy atom. The molecule has 1 aliphatic rings. The van der Waals surface area contributed by atoms with Gasteiger partial charge in [-0.1, -0.05) is 0 Å². The van der Waals surface area contributed by atoms with Crippen molar-refractivity contribution < 1.29 is 23.0 Å². The summed E-state index contributed by atoms with van der Waals surface area (Å²) in [6, 6.07) is 3.06. The summed E-state index contributed by atoms with van der Waals surface area (Å²) < 4.78 is 38.3. The van der Waals surface area contributed by atoms with Crippen molar-refractivity contribution in [1.29, 1.82) is 0 Å². The Bertz CT molecular complexity index is 645. The van der Waals surface area contributed by atoms with Gasteiger partial charge >= 0.3 is 0 Å². The molecule has 1 aromatic carbocycles. The monoisotopic (exact) mass is 408 g/mol. The minimum absolute atomic E-state index is 0.0739. The van der Waals surface area contributed by atoms with Crippen molar-refractivity contribution in [2.45, 2.75) is 4.90 Å². The summed E-state index contributed by atoms with van der Waals surface area (Å²) >= 11 is 3.33. The Morgan fingerprint density at radius 2 is 1.74 bits per heavy atom. The molecule has 7 nitrogen and oxygen atoms in total. The predicted molar refractivity (Wildman–Crippen MR) is 89.5 cm³/mol.